The zero-order valence-electron chi connectivity index (χ0n) is 13.3. The van der Waals surface area contributed by atoms with Crippen molar-refractivity contribution in [2.75, 3.05) is 0 Å². The van der Waals surface area contributed by atoms with Crippen LogP contribution >= 0.6 is 0 Å². The highest BCUT2D eigenvalue weighted by molar-refractivity contribution is 5.19. The van der Waals surface area contributed by atoms with E-state index in [1.165, 1.54) is 12.0 Å². The standard InChI is InChI=1S/C18H29NO/c1-13-10-16(12-18(3,4)11-13)20-17(14(2)19)15-8-6-5-7-9-15/h5-9,13-14,16-17H,10-12,19H2,1-4H3. The molecule has 1 aromatic carbocycles. The van der Waals surface area contributed by atoms with Crippen LogP contribution in [-0.4, -0.2) is 12.1 Å². The number of rotatable bonds is 4. The van der Waals surface area contributed by atoms with Crippen LogP contribution in [0.1, 0.15) is 58.6 Å². The van der Waals surface area contributed by atoms with Gasteiger partial charge in [0.15, 0.2) is 0 Å². The van der Waals surface area contributed by atoms with Crippen molar-refractivity contribution < 1.29 is 4.74 Å². The molecule has 1 aliphatic carbocycles. The summed E-state index contributed by atoms with van der Waals surface area (Å²) in [6, 6.07) is 10.4. The Bertz CT molecular complexity index is 413. The average Bonchev–Trinajstić information content (AvgIpc) is 2.34. The third-order valence-corrected chi connectivity index (χ3v) is 4.29. The number of hydrogen-bond acceptors (Lipinski definition) is 2. The van der Waals surface area contributed by atoms with Gasteiger partial charge < -0.3 is 10.5 Å². The van der Waals surface area contributed by atoms with E-state index in [0.717, 1.165) is 18.8 Å². The van der Waals surface area contributed by atoms with Crippen molar-refractivity contribution in [2.45, 2.75) is 65.2 Å². The van der Waals surface area contributed by atoms with Crippen LogP contribution in [0.25, 0.3) is 0 Å². The van der Waals surface area contributed by atoms with Gasteiger partial charge in [-0.15, -0.1) is 0 Å². The molecule has 0 aliphatic heterocycles. The number of nitrogens with two attached hydrogens (primary N) is 1. The fourth-order valence-electron chi connectivity index (χ4n) is 3.72. The third-order valence-electron chi connectivity index (χ3n) is 4.29. The lowest BCUT2D eigenvalue weighted by Crippen LogP contribution is -2.37. The number of ether oxygens (including phenoxy) is 1. The van der Waals surface area contributed by atoms with Crippen molar-refractivity contribution in [2.24, 2.45) is 17.1 Å². The molecule has 112 valence electrons. The Hall–Kier alpha value is -0.860. The molecule has 1 saturated carbocycles. The van der Waals surface area contributed by atoms with E-state index >= 15 is 0 Å². The summed E-state index contributed by atoms with van der Waals surface area (Å²) in [5, 5.41) is 0. The lowest BCUT2D eigenvalue weighted by Gasteiger charge is -2.40. The first-order chi connectivity index (χ1) is 9.37. The highest BCUT2D eigenvalue weighted by Gasteiger charge is 2.34. The third kappa shape index (κ3) is 4.07. The summed E-state index contributed by atoms with van der Waals surface area (Å²) >= 11 is 0. The fourth-order valence-corrected chi connectivity index (χ4v) is 3.72. The van der Waals surface area contributed by atoms with Crippen molar-refractivity contribution in [3.8, 4) is 0 Å². The van der Waals surface area contributed by atoms with Crippen LogP contribution in [0.5, 0.6) is 0 Å². The van der Waals surface area contributed by atoms with Gasteiger partial charge >= 0.3 is 0 Å². The summed E-state index contributed by atoms with van der Waals surface area (Å²) in [5.41, 5.74) is 7.73. The van der Waals surface area contributed by atoms with Crippen molar-refractivity contribution in [1.82, 2.24) is 0 Å². The lowest BCUT2D eigenvalue weighted by molar-refractivity contribution is -0.0738. The molecule has 4 unspecified atom stereocenters. The van der Waals surface area contributed by atoms with E-state index in [9.17, 15) is 0 Å². The Morgan fingerprint density at radius 3 is 2.40 bits per heavy atom. The van der Waals surface area contributed by atoms with Crippen molar-refractivity contribution in [3.63, 3.8) is 0 Å². The van der Waals surface area contributed by atoms with Crippen LogP contribution in [0.3, 0.4) is 0 Å². The van der Waals surface area contributed by atoms with Gasteiger partial charge in [-0.25, -0.2) is 0 Å². The SMILES string of the molecule is CC1CC(OC(c2ccccc2)C(C)N)CC(C)(C)C1. The molecule has 0 spiro atoms. The second-order valence-electron chi connectivity index (χ2n) is 7.36. The Kier molecular flexibility index (Phi) is 4.87. The molecule has 1 aromatic rings. The second kappa shape index (κ2) is 6.28. The van der Waals surface area contributed by atoms with Crippen LogP contribution in [0.15, 0.2) is 30.3 Å². The summed E-state index contributed by atoms with van der Waals surface area (Å²) in [6.45, 7) is 9.07. The van der Waals surface area contributed by atoms with Gasteiger partial charge in [-0.2, -0.15) is 0 Å². The number of benzene rings is 1. The molecule has 2 heteroatoms. The van der Waals surface area contributed by atoms with Crippen LogP contribution < -0.4 is 5.73 Å². The molecule has 2 N–H and O–H groups in total. The average molecular weight is 275 g/mol. The molecule has 4 atom stereocenters. The molecular formula is C18H29NO. The summed E-state index contributed by atoms with van der Waals surface area (Å²) in [5.74, 6) is 0.730. The minimum atomic E-state index is 0.00213. The molecule has 2 rings (SSSR count). The van der Waals surface area contributed by atoms with E-state index in [1.54, 1.807) is 0 Å². The fraction of sp³-hybridized carbons (Fsp3) is 0.667. The summed E-state index contributed by atoms with van der Waals surface area (Å²) in [7, 11) is 0. The second-order valence-corrected chi connectivity index (χ2v) is 7.36. The van der Waals surface area contributed by atoms with Gasteiger partial charge in [0.05, 0.1) is 12.2 Å². The molecule has 1 fully saturated rings. The van der Waals surface area contributed by atoms with E-state index in [4.69, 9.17) is 10.5 Å². The van der Waals surface area contributed by atoms with Gasteiger partial charge in [0, 0.05) is 6.04 Å². The van der Waals surface area contributed by atoms with Gasteiger partial charge in [0.1, 0.15) is 0 Å². The van der Waals surface area contributed by atoms with Gasteiger partial charge in [-0.3, -0.25) is 0 Å². The van der Waals surface area contributed by atoms with E-state index in [0.29, 0.717) is 11.5 Å². The first kappa shape index (κ1) is 15.5. The van der Waals surface area contributed by atoms with Crippen LogP contribution in [0.2, 0.25) is 0 Å². The van der Waals surface area contributed by atoms with Crippen molar-refractivity contribution in [3.05, 3.63) is 35.9 Å². The Morgan fingerprint density at radius 1 is 1.20 bits per heavy atom. The molecule has 2 nitrogen and oxygen atoms in total. The molecule has 20 heavy (non-hydrogen) atoms. The molecule has 0 aromatic heterocycles. The first-order valence-electron chi connectivity index (χ1n) is 7.83. The van der Waals surface area contributed by atoms with E-state index < -0.39 is 0 Å². The van der Waals surface area contributed by atoms with Gasteiger partial charge in [0.2, 0.25) is 0 Å². The first-order valence-corrected chi connectivity index (χ1v) is 7.83. The summed E-state index contributed by atoms with van der Waals surface area (Å²) in [6.07, 6.45) is 3.90. The van der Waals surface area contributed by atoms with E-state index in [2.05, 4.69) is 45.0 Å². The molecule has 0 heterocycles. The molecule has 0 bridgehead atoms. The van der Waals surface area contributed by atoms with Gasteiger partial charge in [-0.05, 0) is 43.1 Å². The van der Waals surface area contributed by atoms with Gasteiger partial charge in [0.25, 0.3) is 0 Å². The zero-order chi connectivity index (χ0) is 14.8. The van der Waals surface area contributed by atoms with E-state index in [-0.39, 0.29) is 12.1 Å². The maximum Gasteiger partial charge on any atom is 0.0976 e. The zero-order valence-corrected chi connectivity index (χ0v) is 13.3. The Balaban J connectivity index is 2.09. The minimum absolute atomic E-state index is 0.00213. The van der Waals surface area contributed by atoms with Crippen molar-refractivity contribution in [1.29, 1.82) is 0 Å². The topological polar surface area (TPSA) is 35.2 Å². The van der Waals surface area contributed by atoms with Gasteiger partial charge in [-0.1, -0.05) is 51.1 Å². The summed E-state index contributed by atoms with van der Waals surface area (Å²) < 4.78 is 6.42. The summed E-state index contributed by atoms with van der Waals surface area (Å²) in [4.78, 5) is 0. The quantitative estimate of drug-likeness (QED) is 0.889. The van der Waals surface area contributed by atoms with Crippen LogP contribution in [0, 0.1) is 11.3 Å². The van der Waals surface area contributed by atoms with E-state index in [1.807, 2.05) is 13.0 Å². The lowest BCUT2D eigenvalue weighted by atomic mass is 9.71. The Labute approximate surface area is 123 Å². The smallest absolute Gasteiger partial charge is 0.0976 e. The molecule has 0 radical (unpaired) electrons. The largest absolute Gasteiger partial charge is 0.369 e. The van der Waals surface area contributed by atoms with Crippen LogP contribution in [0.4, 0.5) is 0 Å². The van der Waals surface area contributed by atoms with Crippen molar-refractivity contribution >= 4 is 0 Å². The highest BCUT2D eigenvalue weighted by atomic mass is 16.5. The highest BCUT2D eigenvalue weighted by Crippen LogP contribution is 2.41. The predicted molar refractivity (Wildman–Crippen MR) is 84.5 cm³/mol. The number of hydrogen-bond donors (Lipinski definition) is 1. The molecule has 0 saturated heterocycles. The molecule has 0 amide bonds. The predicted octanol–water partition coefficient (Wildman–Crippen LogP) is 4.31. The molecular weight excluding hydrogens is 246 g/mol. The van der Waals surface area contributed by atoms with Crippen LogP contribution in [-0.2, 0) is 4.74 Å². The monoisotopic (exact) mass is 275 g/mol. The normalized spacial score (nSPS) is 28.9. The Morgan fingerprint density at radius 2 is 1.85 bits per heavy atom. The minimum Gasteiger partial charge on any atom is -0.369 e. The molecule has 1 aliphatic rings. The maximum absolute atomic E-state index is 6.42. The maximum atomic E-state index is 6.42.